The monoisotopic (exact) mass is 317 g/mol. The minimum atomic E-state index is -0.593. The summed E-state index contributed by atoms with van der Waals surface area (Å²) in [6, 6.07) is 0. The van der Waals surface area contributed by atoms with Crippen LogP contribution in [0.25, 0.3) is 0 Å². The number of nitrogens with zero attached hydrogens (tertiary/aromatic N) is 2. The lowest BCUT2D eigenvalue weighted by Crippen LogP contribution is -2.44. The summed E-state index contributed by atoms with van der Waals surface area (Å²) in [6.07, 6.45) is 1.32. The fraction of sp³-hybridized carbons (Fsp3) is 0.500. The molecule has 0 saturated carbocycles. The van der Waals surface area contributed by atoms with Gasteiger partial charge in [-0.05, 0) is 15.9 Å². The van der Waals surface area contributed by atoms with Crippen molar-refractivity contribution < 1.29 is 9.53 Å². The number of hydrogen-bond donors (Lipinski definition) is 1. The molecule has 1 N–H and O–H groups in total. The molecule has 0 radical (unpaired) electrons. The van der Waals surface area contributed by atoms with Crippen molar-refractivity contribution in [3.05, 3.63) is 31.5 Å². The number of nitrogens with one attached hydrogen (secondary N) is 1. The Kier molecular flexibility index (Phi) is 3.97. The highest BCUT2D eigenvalue weighted by atomic mass is 79.9. The lowest BCUT2D eigenvalue weighted by molar-refractivity contribution is -0.135. The second-order valence-corrected chi connectivity index (χ2v) is 4.71. The Hall–Kier alpha value is -1.41. The Labute approximate surface area is 110 Å². The van der Waals surface area contributed by atoms with Gasteiger partial charge in [-0.25, -0.2) is 4.79 Å². The van der Waals surface area contributed by atoms with Crippen LogP contribution in [0, 0.1) is 0 Å². The molecular formula is C10H12BrN3O4. The van der Waals surface area contributed by atoms with Gasteiger partial charge in [0.25, 0.3) is 5.56 Å². The minimum Gasteiger partial charge on any atom is -0.378 e. The zero-order chi connectivity index (χ0) is 13.1. The molecule has 8 heteroatoms. The normalized spacial score (nSPS) is 15.7. The van der Waals surface area contributed by atoms with Gasteiger partial charge in [0.1, 0.15) is 6.54 Å². The number of morpholine rings is 1. The Bertz CT molecular complexity index is 559. The number of rotatable bonds is 2. The largest absolute Gasteiger partial charge is 0.378 e. The van der Waals surface area contributed by atoms with Gasteiger partial charge in [0, 0.05) is 19.3 Å². The van der Waals surface area contributed by atoms with E-state index in [-0.39, 0.29) is 16.9 Å². The molecule has 0 aliphatic carbocycles. The molecule has 0 bridgehead atoms. The van der Waals surface area contributed by atoms with Gasteiger partial charge in [-0.3, -0.25) is 19.1 Å². The fourth-order valence-electron chi connectivity index (χ4n) is 1.66. The van der Waals surface area contributed by atoms with Gasteiger partial charge < -0.3 is 9.64 Å². The molecule has 1 aliphatic heterocycles. The van der Waals surface area contributed by atoms with E-state index in [0.717, 1.165) is 0 Å². The summed E-state index contributed by atoms with van der Waals surface area (Å²) in [7, 11) is 0. The number of ether oxygens (including phenoxy) is 1. The maximum atomic E-state index is 11.9. The summed E-state index contributed by atoms with van der Waals surface area (Å²) in [5.74, 6) is -0.167. The molecule has 0 aromatic carbocycles. The maximum absolute atomic E-state index is 11.9. The van der Waals surface area contributed by atoms with Crippen LogP contribution in [0.15, 0.2) is 20.3 Å². The molecule has 98 valence electrons. The van der Waals surface area contributed by atoms with Crippen molar-refractivity contribution in [3.8, 4) is 0 Å². The molecule has 18 heavy (non-hydrogen) atoms. The predicted molar refractivity (Wildman–Crippen MR) is 66.4 cm³/mol. The van der Waals surface area contributed by atoms with E-state index < -0.39 is 11.2 Å². The van der Waals surface area contributed by atoms with E-state index in [1.165, 1.54) is 10.8 Å². The molecule has 1 saturated heterocycles. The Balaban J connectivity index is 2.13. The summed E-state index contributed by atoms with van der Waals surface area (Å²) in [5.41, 5.74) is -1.10. The molecule has 0 atom stereocenters. The van der Waals surface area contributed by atoms with E-state index in [9.17, 15) is 14.4 Å². The van der Waals surface area contributed by atoms with E-state index in [1.807, 2.05) is 0 Å². The summed E-state index contributed by atoms with van der Waals surface area (Å²) in [4.78, 5) is 38.3. The second-order valence-electron chi connectivity index (χ2n) is 3.86. The van der Waals surface area contributed by atoms with Gasteiger partial charge in [-0.1, -0.05) is 0 Å². The van der Waals surface area contributed by atoms with Gasteiger partial charge in [-0.15, -0.1) is 0 Å². The number of aromatic amines is 1. The van der Waals surface area contributed by atoms with Crippen molar-refractivity contribution in [2.75, 3.05) is 26.3 Å². The van der Waals surface area contributed by atoms with Crippen LogP contribution < -0.4 is 11.2 Å². The first-order chi connectivity index (χ1) is 8.58. The van der Waals surface area contributed by atoms with Crippen molar-refractivity contribution in [1.29, 1.82) is 0 Å². The second kappa shape index (κ2) is 5.49. The number of aromatic nitrogens is 2. The molecule has 0 spiro atoms. The predicted octanol–water partition coefficient (Wildman–Crippen LogP) is -0.842. The number of H-pyrrole nitrogens is 1. The molecule has 0 unspecified atom stereocenters. The topological polar surface area (TPSA) is 84.4 Å². The van der Waals surface area contributed by atoms with Gasteiger partial charge in [0.05, 0.1) is 17.7 Å². The SMILES string of the molecule is O=C(Cn1cc(Br)c(=O)[nH]c1=O)N1CCOCC1. The first-order valence-electron chi connectivity index (χ1n) is 5.43. The Morgan fingerprint density at radius 2 is 2.06 bits per heavy atom. The standard InChI is InChI=1S/C10H12BrN3O4/c11-7-5-14(10(17)12-9(7)16)6-8(15)13-1-3-18-4-2-13/h5H,1-4,6H2,(H,12,16,17). The highest BCUT2D eigenvalue weighted by molar-refractivity contribution is 9.10. The first-order valence-corrected chi connectivity index (χ1v) is 6.22. The zero-order valence-corrected chi connectivity index (χ0v) is 11.1. The van der Waals surface area contributed by atoms with Crippen LogP contribution in [0.4, 0.5) is 0 Å². The summed E-state index contributed by atoms with van der Waals surface area (Å²) >= 11 is 3.02. The maximum Gasteiger partial charge on any atom is 0.328 e. The molecule has 1 aliphatic rings. The number of amides is 1. The van der Waals surface area contributed by atoms with Crippen molar-refractivity contribution in [2.45, 2.75) is 6.54 Å². The van der Waals surface area contributed by atoms with E-state index in [1.54, 1.807) is 4.90 Å². The summed E-state index contributed by atoms with van der Waals surface area (Å²) in [5, 5.41) is 0. The smallest absolute Gasteiger partial charge is 0.328 e. The van der Waals surface area contributed by atoms with E-state index >= 15 is 0 Å². The third-order valence-corrected chi connectivity index (χ3v) is 3.20. The molecule has 1 amide bonds. The molecule has 7 nitrogen and oxygen atoms in total. The average Bonchev–Trinajstić information content (AvgIpc) is 2.37. The van der Waals surface area contributed by atoms with Crippen LogP contribution in [-0.2, 0) is 16.1 Å². The average molecular weight is 318 g/mol. The number of hydrogen-bond acceptors (Lipinski definition) is 4. The fourth-order valence-corrected chi connectivity index (χ4v) is 2.00. The van der Waals surface area contributed by atoms with Gasteiger partial charge in [-0.2, -0.15) is 0 Å². The van der Waals surface area contributed by atoms with Crippen molar-refractivity contribution in [2.24, 2.45) is 0 Å². The van der Waals surface area contributed by atoms with Crippen LogP contribution in [0.2, 0.25) is 0 Å². The van der Waals surface area contributed by atoms with Crippen LogP contribution in [0.5, 0.6) is 0 Å². The molecular weight excluding hydrogens is 306 g/mol. The van der Waals surface area contributed by atoms with E-state index in [4.69, 9.17) is 4.74 Å². The van der Waals surface area contributed by atoms with Crippen LogP contribution >= 0.6 is 15.9 Å². The molecule has 2 heterocycles. The van der Waals surface area contributed by atoms with Gasteiger partial charge in [0.2, 0.25) is 5.91 Å². The molecule has 1 fully saturated rings. The van der Waals surface area contributed by atoms with Crippen LogP contribution in [0.3, 0.4) is 0 Å². The molecule has 1 aromatic rings. The Morgan fingerprint density at radius 1 is 1.39 bits per heavy atom. The lowest BCUT2D eigenvalue weighted by atomic mass is 10.4. The third kappa shape index (κ3) is 2.88. The Morgan fingerprint density at radius 3 is 2.72 bits per heavy atom. The summed E-state index contributed by atoms with van der Waals surface area (Å²) < 4.78 is 6.53. The zero-order valence-electron chi connectivity index (χ0n) is 9.52. The van der Waals surface area contributed by atoms with Crippen molar-refractivity contribution in [1.82, 2.24) is 14.5 Å². The highest BCUT2D eigenvalue weighted by Gasteiger charge is 2.17. The van der Waals surface area contributed by atoms with Crippen LogP contribution in [-0.4, -0.2) is 46.7 Å². The number of halogens is 1. The minimum absolute atomic E-state index is 0.0891. The lowest BCUT2D eigenvalue weighted by Gasteiger charge is -2.26. The van der Waals surface area contributed by atoms with E-state index in [2.05, 4.69) is 20.9 Å². The first kappa shape index (κ1) is 13.0. The highest BCUT2D eigenvalue weighted by Crippen LogP contribution is 2.01. The number of carbonyl (C=O) groups excluding carboxylic acids is 1. The summed E-state index contributed by atoms with van der Waals surface area (Å²) in [6.45, 7) is 1.98. The quantitative estimate of drug-likeness (QED) is 0.770. The van der Waals surface area contributed by atoms with Gasteiger partial charge in [0.15, 0.2) is 0 Å². The van der Waals surface area contributed by atoms with Crippen LogP contribution in [0.1, 0.15) is 0 Å². The third-order valence-electron chi connectivity index (χ3n) is 2.64. The van der Waals surface area contributed by atoms with Crippen molar-refractivity contribution >= 4 is 21.8 Å². The van der Waals surface area contributed by atoms with Crippen molar-refractivity contribution in [3.63, 3.8) is 0 Å². The molecule has 1 aromatic heterocycles. The van der Waals surface area contributed by atoms with Gasteiger partial charge >= 0.3 is 5.69 Å². The molecule has 2 rings (SSSR count). The number of carbonyl (C=O) groups is 1. The van der Waals surface area contributed by atoms with E-state index in [0.29, 0.717) is 26.3 Å².